The lowest BCUT2D eigenvalue weighted by Gasteiger charge is -2.48. The molecule has 0 aromatic carbocycles. The first kappa shape index (κ1) is 21.6. The van der Waals surface area contributed by atoms with E-state index in [-0.39, 0.29) is 12.2 Å². The first-order valence-electron chi connectivity index (χ1n) is 8.87. The third-order valence-corrected chi connectivity index (χ3v) is 4.72. The van der Waals surface area contributed by atoms with Gasteiger partial charge in [-0.3, -0.25) is 9.59 Å². The molecule has 2 fully saturated rings. The fourth-order valence-electron chi connectivity index (χ4n) is 3.37. The molecule has 0 aliphatic carbocycles. The van der Waals surface area contributed by atoms with Crippen molar-refractivity contribution in [3.05, 3.63) is 10.2 Å². The lowest BCUT2D eigenvalue weighted by atomic mass is 9.89. The normalized spacial score (nSPS) is 34.5. The van der Waals surface area contributed by atoms with E-state index >= 15 is 0 Å². The summed E-state index contributed by atoms with van der Waals surface area (Å²) in [5.74, 6) is -0.907. The van der Waals surface area contributed by atoms with Gasteiger partial charge in [-0.15, -0.1) is 0 Å². The Bertz CT molecular complexity index is 522. The van der Waals surface area contributed by atoms with Gasteiger partial charge in [-0.25, -0.2) is 0 Å². The van der Waals surface area contributed by atoms with Crippen LogP contribution in [0.15, 0.2) is 10.2 Å². The van der Waals surface area contributed by atoms with Crippen molar-refractivity contribution in [2.24, 2.45) is 0 Å². The van der Waals surface area contributed by atoms with E-state index in [2.05, 4.69) is 22.6 Å². The van der Waals surface area contributed by atoms with Crippen LogP contribution >= 0.6 is 22.6 Å². The molecule has 0 saturated carbocycles. The second kappa shape index (κ2) is 10.0. The highest BCUT2D eigenvalue weighted by atomic mass is 127. The summed E-state index contributed by atoms with van der Waals surface area (Å²) in [7, 11) is 0. The van der Waals surface area contributed by atoms with Crippen molar-refractivity contribution in [3.63, 3.8) is 0 Å². The fraction of sp³-hybridized carbons (Fsp3) is 0.778. The van der Waals surface area contributed by atoms with Gasteiger partial charge in [0.05, 0.1) is 12.2 Å². The van der Waals surface area contributed by atoms with E-state index in [0.717, 1.165) is 6.42 Å². The number of carbonyl (C=O) groups is 2. The number of fused-ring (bicyclic) bond motifs is 1. The molecular weight excluding hydrogens is 455 g/mol. The molecule has 2 rings (SSSR count). The smallest absolute Gasteiger partial charge is 0.303 e. The van der Waals surface area contributed by atoms with Gasteiger partial charge in [-0.2, -0.15) is 0 Å². The summed E-state index contributed by atoms with van der Waals surface area (Å²) in [6.07, 6.45) is 0.851. The van der Waals surface area contributed by atoms with Gasteiger partial charge in [0.1, 0.15) is 12.2 Å². The SMILES string of the molecule is CC(=O)O[C@@H]1[C@H](OC(C)=O)[C@H](C/C=C/I)OC2CC[C@H](OC(C)C)O[C@@H]21. The summed E-state index contributed by atoms with van der Waals surface area (Å²) >= 11 is 2.12. The summed E-state index contributed by atoms with van der Waals surface area (Å²) in [5.41, 5.74) is 0. The molecule has 8 heteroatoms. The number of carbonyl (C=O) groups excluding carboxylic acids is 2. The molecule has 1 unspecified atom stereocenters. The van der Waals surface area contributed by atoms with Crippen LogP contribution in [0.4, 0.5) is 0 Å². The Morgan fingerprint density at radius 1 is 1.12 bits per heavy atom. The Balaban J connectivity index is 2.25. The molecule has 26 heavy (non-hydrogen) atoms. The van der Waals surface area contributed by atoms with E-state index < -0.39 is 42.6 Å². The Morgan fingerprint density at radius 2 is 1.77 bits per heavy atom. The Morgan fingerprint density at radius 3 is 2.35 bits per heavy atom. The maximum atomic E-state index is 11.7. The number of halogens is 1. The predicted molar refractivity (Wildman–Crippen MR) is 102 cm³/mol. The third-order valence-electron chi connectivity index (χ3n) is 4.21. The van der Waals surface area contributed by atoms with Crippen LogP contribution in [0, 0.1) is 0 Å². The van der Waals surface area contributed by atoms with E-state index in [0.29, 0.717) is 12.8 Å². The maximum Gasteiger partial charge on any atom is 0.303 e. The molecule has 0 aromatic heterocycles. The molecule has 6 atom stereocenters. The molecule has 2 saturated heterocycles. The lowest BCUT2D eigenvalue weighted by Crippen LogP contribution is -2.63. The van der Waals surface area contributed by atoms with Crippen molar-refractivity contribution in [2.45, 2.75) is 89.9 Å². The van der Waals surface area contributed by atoms with Crippen molar-refractivity contribution in [2.75, 3.05) is 0 Å². The van der Waals surface area contributed by atoms with Gasteiger partial charge in [0.2, 0.25) is 0 Å². The molecular formula is C18H27IO7. The molecule has 148 valence electrons. The topological polar surface area (TPSA) is 80.3 Å². The molecule has 0 bridgehead atoms. The standard InChI is InChI=1S/C18H27IO7/c1-10(2)22-15-8-7-14-17(26-15)18(24-12(4)21)16(23-11(3)20)13(25-14)6-5-9-19/h5,9-10,13-18H,6-8H2,1-4H3/b9-5+/t13-,14?,15+,16+,17-,18+/m0/s1. The van der Waals surface area contributed by atoms with Gasteiger partial charge < -0.3 is 23.7 Å². The number of hydrogen-bond acceptors (Lipinski definition) is 7. The molecule has 0 radical (unpaired) electrons. The minimum atomic E-state index is -0.735. The van der Waals surface area contributed by atoms with Crippen LogP contribution in [0.5, 0.6) is 0 Å². The van der Waals surface area contributed by atoms with Crippen LogP contribution in [0.2, 0.25) is 0 Å². The monoisotopic (exact) mass is 482 g/mol. The van der Waals surface area contributed by atoms with Gasteiger partial charge in [-0.05, 0) is 30.8 Å². The molecule has 7 nitrogen and oxygen atoms in total. The molecule has 0 N–H and O–H groups in total. The highest BCUT2D eigenvalue weighted by Crippen LogP contribution is 2.36. The molecule has 2 aliphatic heterocycles. The summed E-state index contributed by atoms with van der Waals surface area (Å²) in [6.45, 7) is 6.53. The average molecular weight is 482 g/mol. The van der Waals surface area contributed by atoms with Crippen LogP contribution in [0.3, 0.4) is 0 Å². The second-order valence-electron chi connectivity index (χ2n) is 6.75. The molecule has 2 aliphatic rings. The summed E-state index contributed by atoms with van der Waals surface area (Å²) in [6, 6.07) is 0. The zero-order valence-corrected chi connectivity index (χ0v) is 17.7. The molecule has 0 amide bonds. The zero-order valence-electron chi connectivity index (χ0n) is 15.6. The van der Waals surface area contributed by atoms with Crippen molar-refractivity contribution < 1.29 is 33.3 Å². The average Bonchev–Trinajstić information content (AvgIpc) is 2.54. The Kier molecular flexibility index (Phi) is 8.31. The predicted octanol–water partition coefficient (Wildman–Crippen LogP) is 2.89. The van der Waals surface area contributed by atoms with Crippen molar-refractivity contribution >= 4 is 34.5 Å². The Labute approximate surface area is 167 Å². The van der Waals surface area contributed by atoms with Crippen molar-refractivity contribution in [1.29, 1.82) is 0 Å². The summed E-state index contributed by atoms with van der Waals surface area (Å²) in [5, 5.41) is 0. The summed E-state index contributed by atoms with van der Waals surface area (Å²) < 4.78 is 30.9. The number of hydrogen-bond donors (Lipinski definition) is 0. The quantitative estimate of drug-likeness (QED) is 0.426. The van der Waals surface area contributed by atoms with Crippen molar-refractivity contribution in [3.8, 4) is 0 Å². The summed E-state index contributed by atoms with van der Waals surface area (Å²) in [4.78, 5) is 23.3. The maximum absolute atomic E-state index is 11.7. The largest absolute Gasteiger partial charge is 0.456 e. The van der Waals surface area contributed by atoms with Gasteiger partial charge in [0, 0.05) is 20.3 Å². The number of ether oxygens (including phenoxy) is 5. The van der Waals surface area contributed by atoms with Crippen LogP contribution in [-0.2, 0) is 33.3 Å². The van der Waals surface area contributed by atoms with Gasteiger partial charge in [0.15, 0.2) is 18.5 Å². The van der Waals surface area contributed by atoms with Crippen LogP contribution in [-0.4, -0.2) is 54.9 Å². The number of esters is 2. The van der Waals surface area contributed by atoms with Crippen molar-refractivity contribution in [1.82, 2.24) is 0 Å². The van der Waals surface area contributed by atoms with Crippen LogP contribution in [0.1, 0.15) is 47.0 Å². The molecule has 2 heterocycles. The number of rotatable bonds is 6. The van der Waals surface area contributed by atoms with Gasteiger partial charge >= 0.3 is 11.9 Å². The highest BCUT2D eigenvalue weighted by Gasteiger charge is 2.52. The van der Waals surface area contributed by atoms with E-state index in [1.54, 1.807) is 0 Å². The van der Waals surface area contributed by atoms with Gasteiger partial charge in [0.25, 0.3) is 0 Å². The van der Waals surface area contributed by atoms with E-state index in [4.69, 9.17) is 23.7 Å². The lowest BCUT2D eigenvalue weighted by molar-refractivity contribution is -0.308. The molecule has 0 aromatic rings. The minimum Gasteiger partial charge on any atom is -0.456 e. The van der Waals surface area contributed by atoms with Crippen LogP contribution < -0.4 is 0 Å². The van der Waals surface area contributed by atoms with Gasteiger partial charge in [-0.1, -0.05) is 28.7 Å². The molecule has 0 spiro atoms. The Hall–Kier alpha value is -0.710. The fourth-order valence-corrected chi connectivity index (χ4v) is 3.66. The third kappa shape index (κ3) is 5.90. The first-order valence-corrected chi connectivity index (χ1v) is 10.1. The van der Waals surface area contributed by atoms with E-state index in [1.165, 1.54) is 13.8 Å². The van der Waals surface area contributed by atoms with E-state index in [1.807, 2.05) is 24.0 Å². The minimum absolute atomic E-state index is 0.0130. The van der Waals surface area contributed by atoms with E-state index in [9.17, 15) is 9.59 Å². The second-order valence-corrected chi connectivity index (χ2v) is 7.47. The first-order chi connectivity index (χ1) is 12.3. The van der Waals surface area contributed by atoms with Crippen LogP contribution in [0.25, 0.3) is 0 Å². The highest BCUT2D eigenvalue weighted by molar-refractivity contribution is 14.1. The zero-order chi connectivity index (χ0) is 19.3.